The third-order valence-electron chi connectivity index (χ3n) is 3.47. The molecule has 0 unspecified atom stereocenters. The summed E-state index contributed by atoms with van der Waals surface area (Å²) in [7, 11) is 1.54. The molecule has 0 bridgehead atoms. The number of carboxylic acids is 1. The third kappa shape index (κ3) is 6.50. The van der Waals surface area contributed by atoms with Crippen LogP contribution in [0.1, 0.15) is 49.4 Å². The second-order valence-electron chi connectivity index (χ2n) is 5.25. The molecule has 0 aromatic heterocycles. The number of hydrogen-bond donors (Lipinski definition) is 2. The van der Waals surface area contributed by atoms with Gasteiger partial charge in [0.2, 0.25) is 5.91 Å². The molecule has 1 amide bonds. The van der Waals surface area contributed by atoms with E-state index in [4.69, 9.17) is 9.84 Å². The number of carbonyl (C=O) groups excluding carboxylic acids is 2. The molecule has 23 heavy (non-hydrogen) atoms. The van der Waals surface area contributed by atoms with Crippen LogP contribution >= 0.6 is 0 Å². The lowest BCUT2D eigenvalue weighted by molar-refractivity contribution is -0.142. The first-order chi connectivity index (χ1) is 11.0. The van der Waals surface area contributed by atoms with Crippen LogP contribution in [0.15, 0.2) is 24.3 Å². The van der Waals surface area contributed by atoms with E-state index in [0.717, 1.165) is 12.8 Å². The van der Waals surface area contributed by atoms with Crippen molar-refractivity contribution in [2.75, 3.05) is 7.11 Å². The number of aliphatic carboxylic acids is 1. The van der Waals surface area contributed by atoms with Gasteiger partial charge in [-0.05, 0) is 30.7 Å². The van der Waals surface area contributed by atoms with Crippen LogP contribution in [-0.4, -0.2) is 35.9 Å². The Hall–Kier alpha value is -2.37. The molecular formula is C17H23NO5. The summed E-state index contributed by atoms with van der Waals surface area (Å²) in [5.41, 5.74) is 0.499. The zero-order chi connectivity index (χ0) is 17.2. The molecule has 0 aliphatic heterocycles. The fourth-order valence-electron chi connectivity index (χ4n) is 2.08. The molecular weight excluding hydrogens is 298 g/mol. The van der Waals surface area contributed by atoms with Gasteiger partial charge in [0.05, 0.1) is 7.11 Å². The van der Waals surface area contributed by atoms with Gasteiger partial charge in [-0.1, -0.05) is 19.8 Å². The van der Waals surface area contributed by atoms with Gasteiger partial charge >= 0.3 is 5.97 Å². The number of rotatable bonds is 10. The second-order valence-corrected chi connectivity index (χ2v) is 5.25. The smallest absolute Gasteiger partial charge is 0.326 e. The van der Waals surface area contributed by atoms with E-state index < -0.39 is 17.9 Å². The highest BCUT2D eigenvalue weighted by Gasteiger charge is 2.19. The lowest BCUT2D eigenvalue weighted by Gasteiger charge is -2.13. The molecule has 126 valence electrons. The Morgan fingerprint density at radius 1 is 1.17 bits per heavy atom. The van der Waals surface area contributed by atoms with Gasteiger partial charge in [-0.3, -0.25) is 9.59 Å². The molecule has 0 saturated carbocycles. The number of ether oxygens (including phenoxy) is 1. The van der Waals surface area contributed by atoms with E-state index in [1.165, 1.54) is 0 Å². The van der Waals surface area contributed by atoms with E-state index in [1.807, 2.05) is 6.92 Å². The van der Waals surface area contributed by atoms with Crippen molar-refractivity contribution in [1.82, 2.24) is 5.32 Å². The second kappa shape index (κ2) is 9.61. The van der Waals surface area contributed by atoms with Gasteiger partial charge in [0.15, 0.2) is 5.78 Å². The summed E-state index contributed by atoms with van der Waals surface area (Å²) in [6, 6.07) is 5.75. The number of carboxylic acid groups (broad SMARTS) is 1. The topological polar surface area (TPSA) is 92.7 Å². The number of Topliss-reactive ketones (excluding diaryl/α,β-unsaturated/α-hetero) is 1. The lowest BCUT2D eigenvalue weighted by Crippen LogP contribution is -2.40. The van der Waals surface area contributed by atoms with E-state index in [9.17, 15) is 14.4 Å². The van der Waals surface area contributed by atoms with Crippen LogP contribution in [0.3, 0.4) is 0 Å². The fraction of sp³-hybridized carbons (Fsp3) is 0.471. The maximum atomic E-state index is 12.0. The van der Waals surface area contributed by atoms with Crippen molar-refractivity contribution in [2.45, 2.75) is 45.1 Å². The standard InChI is InChI=1S/C17H23NO5/c1-3-4-5-14(17(21)22)18-16(20)11-10-15(19)12-6-8-13(23-2)9-7-12/h6-9,14H,3-5,10-11H2,1-2H3,(H,18,20)(H,21,22)/t14-/m0/s1. The molecule has 0 spiro atoms. The minimum absolute atomic E-state index is 0.0270. The highest BCUT2D eigenvalue weighted by molar-refractivity contribution is 5.98. The first kappa shape index (κ1) is 18.7. The minimum Gasteiger partial charge on any atom is -0.497 e. The maximum Gasteiger partial charge on any atom is 0.326 e. The van der Waals surface area contributed by atoms with Gasteiger partial charge in [-0.2, -0.15) is 0 Å². The summed E-state index contributed by atoms with van der Waals surface area (Å²) in [6.45, 7) is 1.95. The van der Waals surface area contributed by atoms with Crippen molar-refractivity contribution >= 4 is 17.7 Å². The van der Waals surface area contributed by atoms with Crippen LogP contribution in [0.2, 0.25) is 0 Å². The maximum absolute atomic E-state index is 12.0. The third-order valence-corrected chi connectivity index (χ3v) is 3.47. The fourth-order valence-corrected chi connectivity index (χ4v) is 2.08. The predicted molar refractivity (Wildman–Crippen MR) is 85.7 cm³/mol. The summed E-state index contributed by atoms with van der Waals surface area (Å²) in [6.07, 6.45) is 1.99. The number of benzene rings is 1. The Balaban J connectivity index is 2.47. The normalized spacial score (nSPS) is 11.6. The number of nitrogens with one attached hydrogen (secondary N) is 1. The highest BCUT2D eigenvalue weighted by atomic mass is 16.5. The summed E-state index contributed by atoms with van der Waals surface area (Å²) < 4.78 is 5.01. The Labute approximate surface area is 135 Å². The van der Waals surface area contributed by atoms with E-state index >= 15 is 0 Å². The van der Waals surface area contributed by atoms with E-state index in [1.54, 1.807) is 31.4 Å². The number of hydrogen-bond acceptors (Lipinski definition) is 4. The number of methoxy groups -OCH3 is 1. The van der Waals surface area contributed by atoms with Crippen molar-refractivity contribution in [3.63, 3.8) is 0 Å². The molecule has 1 rings (SSSR count). The molecule has 6 heteroatoms. The number of carbonyl (C=O) groups is 3. The van der Waals surface area contributed by atoms with Crippen LogP contribution in [0.4, 0.5) is 0 Å². The molecule has 0 aliphatic rings. The monoisotopic (exact) mass is 321 g/mol. The molecule has 0 heterocycles. The summed E-state index contributed by atoms with van der Waals surface area (Å²) in [4.78, 5) is 34.9. The Morgan fingerprint density at radius 3 is 2.35 bits per heavy atom. The van der Waals surface area contributed by atoms with Crippen molar-refractivity contribution in [1.29, 1.82) is 0 Å². The first-order valence-corrected chi connectivity index (χ1v) is 7.67. The van der Waals surface area contributed by atoms with Crippen LogP contribution < -0.4 is 10.1 Å². The molecule has 1 aromatic rings. The average Bonchev–Trinajstić information content (AvgIpc) is 2.56. The summed E-state index contributed by atoms with van der Waals surface area (Å²) in [5, 5.41) is 11.5. The molecule has 6 nitrogen and oxygen atoms in total. The van der Waals surface area contributed by atoms with Crippen LogP contribution in [0.5, 0.6) is 5.75 Å². The summed E-state index contributed by atoms with van der Waals surface area (Å²) in [5.74, 6) is -0.980. The molecule has 0 fully saturated rings. The van der Waals surface area contributed by atoms with Gasteiger partial charge in [-0.25, -0.2) is 4.79 Å². The van der Waals surface area contributed by atoms with Gasteiger partial charge in [0.25, 0.3) is 0 Å². The van der Waals surface area contributed by atoms with E-state index in [-0.39, 0.29) is 18.6 Å². The van der Waals surface area contributed by atoms with Gasteiger partial charge in [0.1, 0.15) is 11.8 Å². The van der Waals surface area contributed by atoms with E-state index in [0.29, 0.717) is 17.7 Å². The van der Waals surface area contributed by atoms with Crippen molar-refractivity contribution in [3.05, 3.63) is 29.8 Å². The quantitative estimate of drug-likeness (QED) is 0.646. The van der Waals surface area contributed by atoms with Crippen LogP contribution in [0, 0.1) is 0 Å². The highest BCUT2D eigenvalue weighted by Crippen LogP contribution is 2.13. The Bertz CT molecular complexity index is 538. The first-order valence-electron chi connectivity index (χ1n) is 7.67. The SMILES string of the molecule is CCCC[C@H](NC(=O)CCC(=O)c1ccc(OC)cc1)C(=O)O. The minimum atomic E-state index is -1.05. The van der Waals surface area contributed by atoms with Gasteiger partial charge in [0, 0.05) is 18.4 Å². The zero-order valence-electron chi connectivity index (χ0n) is 13.5. The number of unbranched alkanes of at least 4 members (excludes halogenated alkanes) is 1. The van der Waals surface area contributed by atoms with Crippen molar-refractivity contribution in [2.24, 2.45) is 0 Å². The van der Waals surface area contributed by atoms with E-state index in [2.05, 4.69) is 5.32 Å². The van der Waals surface area contributed by atoms with Crippen molar-refractivity contribution < 1.29 is 24.2 Å². The van der Waals surface area contributed by atoms with Crippen LogP contribution in [-0.2, 0) is 9.59 Å². The predicted octanol–water partition coefficient (Wildman–Crippen LogP) is 2.42. The molecule has 2 N–H and O–H groups in total. The largest absolute Gasteiger partial charge is 0.497 e. The van der Waals surface area contributed by atoms with Gasteiger partial charge in [-0.15, -0.1) is 0 Å². The van der Waals surface area contributed by atoms with Crippen LogP contribution in [0.25, 0.3) is 0 Å². The van der Waals surface area contributed by atoms with Gasteiger partial charge < -0.3 is 15.2 Å². The summed E-state index contributed by atoms with van der Waals surface area (Å²) >= 11 is 0. The average molecular weight is 321 g/mol. The lowest BCUT2D eigenvalue weighted by atomic mass is 10.1. The molecule has 1 aromatic carbocycles. The molecule has 0 radical (unpaired) electrons. The molecule has 0 saturated heterocycles. The molecule has 1 atom stereocenters. The Kier molecular flexibility index (Phi) is 7.80. The molecule has 0 aliphatic carbocycles. The number of ketones is 1. The zero-order valence-corrected chi connectivity index (χ0v) is 13.5. The number of amides is 1. The Morgan fingerprint density at radius 2 is 1.83 bits per heavy atom. The van der Waals surface area contributed by atoms with Crippen molar-refractivity contribution in [3.8, 4) is 5.75 Å².